The third-order valence-electron chi connectivity index (χ3n) is 6.12. The molecule has 1 aliphatic heterocycles. The van der Waals surface area contributed by atoms with Gasteiger partial charge in [-0.2, -0.15) is 0 Å². The first-order valence-corrected chi connectivity index (χ1v) is 8.98. The molecule has 4 nitrogen and oxygen atoms in total. The summed E-state index contributed by atoms with van der Waals surface area (Å²) in [6.45, 7) is 8.22. The van der Waals surface area contributed by atoms with E-state index in [0.717, 1.165) is 25.2 Å². The van der Waals surface area contributed by atoms with Crippen LogP contribution in [-0.2, 0) is 9.59 Å². The molecule has 2 aliphatic carbocycles. The second-order valence-corrected chi connectivity index (χ2v) is 7.17. The number of carbonyl (C=O) groups is 2. The van der Waals surface area contributed by atoms with E-state index >= 15 is 0 Å². The van der Waals surface area contributed by atoms with E-state index < -0.39 is 0 Å². The summed E-state index contributed by atoms with van der Waals surface area (Å²) in [5.41, 5.74) is 3.13. The molecule has 4 rings (SSSR count). The molecule has 0 radical (unpaired) electrons. The third kappa shape index (κ3) is 1.98. The van der Waals surface area contributed by atoms with Gasteiger partial charge in [0.1, 0.15) is 0 Å². The molecule has 4 heteroatoms. The first-order valence-electron chi connectivity index (χ1n) is 8.98. The van der Waals surface area contributed by atoms with Crippen molar-refractivity contribution < 1.29 is 9.59 Å². The normalized spacial score (nSPS) is 30.8. The molecule has 1 saturated carbocycles. The Labute approximate surface area is 143 Å². The van der Waals surface area contributed by atoms with Gasteiger partial charge in [0.2, 0.25) is 11.8 Å². The lowest BCUT2D eigenvalue weighted by Gasteiger charge is -2.23. The van der Waals surface area contributed by atoms with E-state index in [1.54, 1.807) is 0 Å². The standard InChI is InChI=1S/C20H24N2O2/c1-4-21(5-2)14-6-8-15(9-7-14)22-19(23)17-13-10-12(3)16(11-13)18(17)20(22)24/h6-10,13,16-18H,4-5,11H2,1-3H3/t13-,16-,17+,18-/m0/s1. The zero-order chi connectivity index (χ0) is 17.0. The Kier molecular flexibility index (Phi) is 3.52. The van der Waals surface area contributed by atoms with Crippen LogP contribution in [-0.4, -0.2) is 24.9 Å². The zero-order valence-corrected chi connectivity index (χ0v) is 14.5. The summed E-state index contributed by atoms with van der Waals surface area (Å²) >= 11 is 0. The van der Waals surface area contributed by atoms with E-state index in [1.807, 2.05) is 24.3 Å². The van der Waals surface area contributed by atoms with Gasteiger partial charge in [0.25, 0.3) is 0 Å². The Bertz CT molecular complexity index is 718. The zero-order valence-electron chi connectivity index (χ0n) is 14.5. The SMILES string of the molecule is CCN(CC)c1ccc(N2C(=O)[C@@H]3[C@H](C2=O)[C@H]2C=C(C)[C@@H]3C2)cc1. The number of hydrogen-bond donors (Lipinski definition) is 0. The van der Waals surface area contributed by atoms with E-state index in [1.165, 1.54) is 10.5 Å². The number of nitrogens with zero attached hydrogens (tertiary/aromatic N) is 2. The van der Waals surface area contributed by atoms with E-state index in [9.17, 15) is 9.59 Å². The fraction of sp³-hybridized carbons (Fsp3) is 0.500. The summed E-state index contributed by atoms with van der Waals surface area (Å²) in [7, 11) is 0. The molecular formula is C20H24N2O2. The van der Waals surface area contributed by atoms with E-state index in [0.29, 0.717) is 5.69 Å². The van der Waals surface area contributed by atoms with Gasteiger partial charge in [-0.3, -0.25) is 14.5 Å². The van der Waals surface area contributed by atoms with Crippen molar-refractivity contribution in [3.63, 3.8) is 0 Å². The van der Waals surface area contributed by atoms with Crippen LogP contribution in [0, 0.1) is 23.7 Å². The monoisotopic (exact) mass is 324 g/mol. The minimum absolute atomic E-state index is 0.000499. The molecule has 24 heavy (non-hydrogen) atoms. The highest BCUT2D eigenvalue weighted by Crippen LogP contribution is 2.55. The second-order valence-electron chi connectivity index (χ2n) is 7.17. The molecule has 2 fully saturated rings. The molecule has 0 unspecified atom stereocenters. The van der Waals surface area contributed by atoms with Gasteiger partial charge in [0.15, 0.2) is 0 Å². The molecule has 0 aromatic heterocycles. The van der Waals surface area contributed by atoms with E-state index in [4.69, 9.17) is 0 Å². The largest absolute Gasteiger partial charge is 0.372 e. The number of amides is 2. The van der Waals surface area contributed by atoms with Crippen molar-refractivity contribution in [1.82, 2.24) is 0 Å². The molecule has 0 spiro atoms. The van der Waals surface area contributed by atoms with Gasteiger partial charge >= 0.3 is 0 Å². The first kappa shape index (κ1) is 15.4. The van der Waals surface area contributed by atoms with Gasteiger partial charge < -0.3 is 4.90 Å². The van der Waals surface area contributed by atoms with Crippen LogP contribution in [0.3, 0.4) is 0 Å². The maximum Gasteiger partial charge on any atom is 0.238 e. The topological polar surface area (TPSA) is 40.6 Å². The number of benzene rings is 1. The molecule has 2 bridgehead atoms. The summed E-state index contributed by atoms with van der Waals surface area (Å²) in [6.07, 6.45) is 3.19. The fourth-order valence-electron chi connectivity index (χ4n) is 4.93. The molecule has 2 amide bonds. The quantitative estimate of drug-likeness (QED) is 0.631. The number of imide groups is 1. The van der Waals surface area contributed by atoms with E-state index in [2.05, 4.69) is 31.7 Å². The van der Waals surface area contributed by atoms with E-state index in [-0.39, 0.29) is 35.5 Å². The Hall–Kier alpha value is -2.10. The van der Waals surface area contributed by atoms with Crippen molar-refractivity contribution in [2.24, 2.45) is 23.7 Å². The molecule has 4 atom stereocenters. The van der Waals surface area contributed by atoms with Gasteiger partial charge in [-0.15, -0.1) is 0 Å². The minimum Gasteiger partial charge on any atom is -0.372 e. The molecule has 3 aliphatic rings. The Balaban J connectivity index is 1.62. The highest BCUT2D eigenvalue weighted by atomic mass is 16.2. The summed E-state index contributed by atoms with van der Waals surface area (Å²) in [6, 6.07) is 7.84. The van der Waals surface area contributed by atoms with Crippen molar-refractivity contribution in [3.05, 3.63) is 35.9 Å². The van der Waals surface area contributed by atoms with Crippen molar-refractivity contribution >= 4 is 23.2 Å². The summed E-state index contributed by atoms with van der Waals surface area (Å²) in [4.78, 5) is 29.5. The van der Waals surface area contributed by atoms with Crippen molar-refractivity contribution in [2.75, 3.05) is 22.9 Å². The van der Waals surface area contributed by atoms with Gasteiger partial charge in [-0.1, -0.05) is 11.6 Å². The highest BCUT2D eigenvalue weighted by molar-refractivity contribution is 6.22. The number of hydrogen-bond acceptors (Lipinski definition) is 3. The smallest absolute Gasteiger partial charge is 0.238 e. The van der Waals surface area contributed by atoms with Crippen molar-refractivity contribution in [2.45, 2.75) is 27.2 Å². The van der Waals surface area contributed by atoms with Gasteiger partial charge in [-0.05, 0) is 63.3 Å². The lowest BCUT2D eigenvalue weighted by atomic mass is 9.82. The molecular weight excluding hydrogens is 300 g/mol. The van der Waals surface area contributed by atoms with Crippen molar-refractivity contribution in [1.29, 1.82) is 0 Å². The number of rotatable bonds is 4. The minimum atomic E-state index is -0.131. The lowest BCUT2D eigenvalue weighted by Crippen LogP contribution is -2.33. The number of carbonyl (C=O) groups excluding carboxylic acids is 2. The maximum absolute atomic E-state index is 12.9. The molecule has 126 valence electrons. The molecule has 1 saturated heterocycles. The summed E-state index contributed by atoms with van der Waals surface area (Å²) in [5, 5.41) is 0. The molecule has 1 aromatic rings. The summed E-state index contributed by atoms with van der Waals surface area (Å²) in [5.74, 6) is 0.272. The Morgan fingerprint density at radius 3 is 2.29 bits per heavy atom. The van der Waals surface area contributed by atoms with Crippen LogP contribution in [0.4, 0.5) is 11.4 Å². The van der Waals surface area contributed by atoms with Gasteiger partial charge in [0.05, 0.1) is 17.5 Å². The van der Waals surface area contributed by atoms with Crippen LogP contribution in [0.25, 0.3) is 0 Å². The molecule has 1 aromatic carbocycles. The van der Waals surface area contributed by atoms with Crippen LogP contribution >= 0.6 is 0 Å². The van der Waals surface area contributed by atoms with Crippen LogP contribution in [0.2, 0.25) is 0 Å². The number of allylic oxidation sites excluding steroid dienone is 2. The fourth-order valence-corrected chi connectivity index (χ4v) is 4.93. The van der Waals surface area contributed by atoms with Gasteiger partial charge in [0, 0.05) is 18.8 Å². The Morgan fingerprint density at radius 2 is 1.67 bits per heavy atom. The predicted octanol–water partition coefficient (Wildman–Crippen LogP) is 3.23. The van der Waals surface area contributed by atoms with Gasteiger partial charge in [-0.25, -0.2) is 0 Å². The number of anilines is 2. The second kappa shape index (κ2) is 5.47. The highest BCUT2D eigenvalue weighted by Gasteiger charge is 2.60. The lowest BCUT2D eigenvalue weighted by molar-refractivity contribution is -0.123. The average Bonchev–Trinajstić information content (AvgIpc) is 3.21. The van der Waals surface area contributed by atoms with Crippen LogP contribution in [0.15, 0.2) is 35.9 Å². The van der Waals surface area contributed by atoms with Crippen LogP contribution < -0.4 is 9.80 Å². The third-order valence-corrected chi connectivity index (χ3v) is 6.12. The van der Waals surface area contributed by atoms with Crippen LogP contribution in [0.1, 0.15) is 27.2 Å². The average molecular weight is 324 g/mol. The maximum atomic E-state index is 12.9. The van der Waals surface area contributed by atoms with Crippen molar-refractivity contribution in [3.8, 4) is 0 Å². The molecule has 1 heterocycles. The first-order chi connectivity index (χ1) is 11.6. The predicted molar refractivity (Wildman–Crippen MR) is 94.8 cm³/mol. The summed E-state index contributed by atoms with van der Waals surface area (Å²) < 4.78 is 0. The van der Waals surface area contributed by atoms with Crippen LogP contribution in [0.5, 0.6) is 0 Å². The molecule has 0 N–H and O–H groups in total. The number of fused-ring (bicyclic) bond motifs is 5. The Morgan fingerprint density at radius 1 is 1.04 bits per heavy atom.